The summed E-state index contributed by atoms with van der Waals surface area (Å²) in [4.78, 5) is 30.2. The van der Waals surface area contributed by atoms with E-state index in [4.69, 9.17) is 0 Å². The molecule has 7 nitrogen and oxygen atoms in total. The lowest BCUT2D eigenvalue weighted by Gasteiger charge is -2.34. The molecule has 2 atom stereocenters. The Hall–Kier alpha value is -4.43. The fourth-order valence-corrected chi connectivity index (χ4v) is 6.54. The van der Waals surface area contributed by atoms with E-state index in [9.17, 15) is 18.0 Å². The molecular weight excluding hydrogens is 595 g/mol. The van der Waals surface area contributed by atoms with Crippen molar-refractivity contribution in [1.29, 1.82) is 0 Å². The van der Waals surface area contributed by atoms with Crippen molar-refractivity contribution in [2.75, 3.05) is 10.8 Å². The quantitative estimate of drug-likeness (QED) is 0.177. The summed E-state index contributed by atoms with van der Waals surface area (Å²) in [6, 6.07) is 28.4. The molecule has 8 heteroatoms. The van der Waals surface area contributed by atoms with E-state index in [-0.39, 0.29) is 29.8 Å². The third-order valence-electron chi connectivity index (χ3n) is 8.41. The second kappa shape index (κ2) is 15.2. The summed E-state index contributed by atoms with van der Waals surface area (Å²) in [6.45, 7) is 11.3. The van der Waals surface area contributed by atoms with Crippen LogP contribution >= 0.6 is 0 Å². The van der Waals surface area contributed by atoms with Gasteiger partial charge in [0.05, 0.1) is 10.6 Å². The number of hydrogen-bond donors (Lipinski definition) is 1. The smallest absolute Gasteiger partial charge is 0.264 e. The van der Waals surface area contributed by atoms with Gasteiger partial charge in [-0.25, -0.2) is 8.42 Å². The van der Waals surface area contributed by atoms with E-state index in [1.54, 1.807) is 36.4 Å². The van der Waals surface area contributed by atoms with Gasteiger partial charge in [-0.1, -0.05) is 90.8 Å². The summed E-state index contributed by atoms with van der Waals surface area (Å²) in [5.41, 5.74) is 6.03. The first-order valence-electron chi connectivity index (χ1n) is 15.7. The molecule has 0 saturated carbocycles. The molecule has 242 valence electrons. The number of rotatable bonds is 13. The third-order valence-corrected chi connectivity index (χ3v) is 10.2. The Balaban J connectivity index is 1.82. The molecule has 4 aromatic carbocycles. The highest BCUT2D eigenvalue weighted by atomic mass is 32.2. The van der Waals surface area contributed by atoms with Crippen molar-refractivity contribution in [3.05, 3.63) is 130 Å². The van der Waals surface area contributed by atoms with Crippen LogP contribution in [0, 0.1) is 27.7 Å². The van der Waals surface area contributed by atoms with Gasteiger partial charge in [0.1, 0.15) is 12.6 Å². The zero-order valence-electron chi connectivity index (χ0n) is 27.7. The molecule has 0 aliphatic carbocycles. The molecule has 0 bridgehead atoms. The zero-order valence-corrected chi connectivity index (χ0v) is 28.5. The number of nitrogens with one attached hydrogen (secondary N) is 1. The average molecular weight is 640 g/mol. The standard InChI is InChI=1S/C38H45N3O4S/c1-7-31(6)39-38(43)36(24-32-11-9-8-10-12-32)40(25-33-18-13-27(2)14-19-33)37(42)26-41(34-20-17-29(4)30(5)23-34)46(44,45)35-21-15-28(3)16-22-35/h8-23,31,36H,7,24-26H2,1-6H3,(H,39,43)/t31-,36-/m1/s1. The molecule has 0 aromatic heterocycles. The lowest BCUT2D eigenvalue weighted by molar-refractivity contribution is -0.140. The molecule has 4 aromatic rings. The maximum absolute atomic E-state index is 14.6. The Bertz CT molecular complexity index is 1740. The van der Waals surface area contributed by atoms with Crippen LogP contribution < -0.4 is 9.62 Å². The van der Waals surface area contributed by atoms with Crippen LogP contribution in [0.4, 0.5) is 5.69 Å². The number of carbonyl (C=O) groups is 2. The first kappa shape index (κ1) is 34.4. The Kier molecular flexibility index (Phi) is 11.4. The molecule has 0 fully saturated rings. The molecule has 0 aliphatic heterocycles. The van der Waals surface area contributed by atoms with Crippen LogP contribution in [0.3, 0.4) is 0 Å². The summed E-state index contributed by atoms with van der Waals surface area (Å²) in [6.07, 6.45) is 1.00. The normalized spacial score (nSPS) is 12.7. The highest BCUT2D eigenvalue weighted by Gasteiger charge is 2.35. The van der Waals surface area contributed by atoms with Crippen molar-refractivity contribution in [3.63, 3.8) is 0 Å². The van der Waals surface area contributed by atoms with Crippen molar-refractivity contribution in [2.24, 2.45) is 0 Å². The molecule has 0 saturated heterocycles. The van der Waals surface area contributed by atoms with Gasteiger partial charge >= 0.3 is 0 Å². The van der Waals surface area contributed by atoms with Crippen molar-refractivity contribution >= 4 is 27.5 Å². The minimum atomic E-state index is -4.15. The van der Waals surface area contributed by atoms with Gasteiger partial charge in [0, 0.05) is 19.0 Å². The monoisotopic (exact) mass is 639 g/mol. The van der Waals surface area contributed by atoms with Crippen LogP contribution in [0.15, 0.2) is 102 Å². The molecule has 4 rings (SSSR count). The Morgan fingerprint density at radius 3 is 1.96 bits per heavy atom. The average Bonchev–Trinajstić information content (AvgIpc) is 3.04. The van der Waals surface area contributed by atoms with Gasteiger partial charge in [-0.3, -0.25) is 13.9 Å². The first-order chi connectivity index (χ1) is 21.9. The van der Waals surface area contributed by atoms with Crippen LogP contribution in [0.5, 0.6) is 0 Å². The molecule has 0 aliphatic rings. The number of hydrogen-bond acceptors (Lipinski definition) is 4. The van der Waals surface area contributed by atoms with Gasteiger partial charge in [-0.2, -0.15) is 0 Å². The molecule has 2 amide bonds. The largest absolute Gasteiger partial charge is 0.352 e. The lowest BCUT2D eigenvalue weighted by atomic mass is 10.0. The molecule has 1 N–H and O–H groups in total. The molecule has 0 spiro atoms. The van der Waals surface area contributed by atoms with Crippen molar-refractivity contribution < 1.29 is 18.0 Å². The van der Waals surface area contributed by atoms with Gasteiger partial charge in [0.25, 0.3) is 10.0 Å². The predicted molar refractivity (Wildman–Crippen MR) is 185 cm³/mol. The van der Waals surface area contributed by atoms with Crippen LogP contribution in [-0.2, 0) is 32.6 Å². The van der Waals surface area contributed by atoms with E-state index in [2.05, 4.69) is 5.32 Å². The molecule has 0 heterocycles. The summed E-state index contributed by atoms with van der Waals surface area (Å²) >= 11 is 0. The van der Waals surface area contributed by atoms with Crippen molar-refractivity contribution in [3.8, 4) is 0 Å². The summed E-state index contributed by atoms with van der Waals surface area (Å²) in [5.74, 6) is -0.757. The van der Waals surface area contributed by atoms with Crippen molar-refractivity contribution in [1.82, 2.24) is 10.2 Å². The lowest BCUT2D eigenvalue weighted by Crippen LogP contribution is -2.54. The summed E-state index contributed by atoms with van der Waals surface area (Å²) < 4.78 is 29.7. The maximum atomic E-state index is 14.6. The molecule has 46 heavy (non-hydrogen) atoms. The maximum Gasteiger partial charge on any atom is 0.264 e. The Morgan fingerprint density at radius 2 is 1.37 bits per heavy atom. The number of nitrogens with zero attached hydrogens (tertiary/aromatic N) is 2. The number of aryl methyl sites for hydroxylation is 4. The fraction of sp³-hybridized carbons (Fsp3) is 0.316. The number of benzene rings is 4. The third kappa shape index (κ3) is 8.63. The second-order valence-corrected chi connectivity index (χ2v) is 14.0. The van der Waals surface area contributed by atoms with E-state index in [0.717, 1.165) is 39.8 Å². The zero-order chi connectivity index (χ0) is 33.4. The Labute approximate surface area is 274 Å². The van der Waals surface area contributed by atoms with Gasteiger partial charge < -0.3 is 10.2 Å². The number of sulfonamides is 1. The molecule has 0 radical (unpaired) electrons. The summed E-state index contributed by atoms with van der Waals surface area (Å²) in [5, 5.41) is 3.08. The number of anilines is 1. The van der Waals surface area contributed by atoms with E-state index in [1.807, 2.05) is 102 Å². The fourth-order valence-electron chi connectivity index (χ4n) is 5.13. The predicted octanol–water partition coefficient (Wildman–Crippen LogP) is 6.67. The van der Waals surface area contributed by atoms with Gasteiger partial charge in [-0.05, 0) is 87.6 Å². The van der Waals surface area contributed by atoms with E-state index < -0.39 is 28.5 Å². The van der Waals surface area contributed by atoms with Crippen LogP contribution in [0.1, 0.15) is 53.6 Å². The Morgan fingerprint density at radius 1 is 0.761 bits per heavy atom. The van der Waals surface area contributed by atoms with E-state index in [1.165, 1.54) is 9.21 Å². The SMILES string of the molecule is CC[C@@H](C)NC(=O)[C@@H](Cc1ccccc1)N(Cc1ccc(C)cc1)C(=O)CN(c1ccc(C)c(C)c1)S(=O)(=O)c1ccc(C)cc1. The van der Waals surface area contributed by atoms with Crippen LogP contribution in [0.25, 0.3) is 0 Å². The van der Waals surface area contributed by atoms with Gasteiger partial charge in [0.2, 0.25) is 11.8 Å². The minimum Gasteiger partial charge on any atom is -0.352 e. The highest BCUT2D eigenvalue weighted by molar-refractivity contribution is 7.92. The van der Waals surface area contributed by atoms with Crippen molar-refractivity contribution in [2.45, 2.75) is 77.9 Å². The minimum absolute atomic E-state index is 0.0876. The van der Waals surface area contributed by atoms with Gasteiger partial charge in [0.15, 0.2) is 0 Å². The van der Waals surface area contributed by atoms with E-state index in [0.29, 0.717) is 5.69 Å². The molecule has 0 unspecified atom stereocenters. The highest BCUT2D eigenvalue weighted by Crippen LogP contribution is 2.27. The summed E-state index contributed by atoms with van der Waals surface area (Å²) in [7, 11) is -4.15. The number of carbonyl (C=O) groups excluding carboxylic acids is 2. The van der Waals surface area contributed by atoms with Crippen LogP contribution in [-0.4, -0.2) is 43.8 Å². The number of amides is 2. The second-order valence-electron chi connectivity index (χ2n) is 12.1. The first-order valence-corrected chi connectivity index (χ1v) is 17.2. The topological polar surface area (TPSA) is 86.8 Å². The van der Waals surface area contributed by atoms with Crippen LogP contribution in [0.2, 0.25) is 0 Å². The van der Waals surface area contributed by atoms with Gasteiger partial charge in [-0.15, -0.1) is 0 Å². The van der Waals surface area contributed by atoms with E-state index >= 15 is 0 Å². The molecular formula is C38H45N3O4S.